The van der Waals surface area contributed by atoms with Crippen LogP contribution in [-0.4, -0.2) is 47.8 Å². The van der Waals surface area contributed by atoms with Gasteiger partial charge in [-0.3, -0.25) is 0 Å². The number of anilines is 3. The summed E-state index contributed by atoms with van der Waals surface area (Å²) in [5, 5.41) is 10.7. The van der Waals surface area contributed by atoms with Crippen molar-refractivity contribution in [3.63, 3.8) is 0 Å². The molecule has 2 aromatic heterocycles. The fourth-order valence-corrected chi connectivity index (χ4v) is 5.64. The first kappa shape index (κ1) is 26.8. The number of benzene rings is 2. The van der Waals surface area contributed by atoms with E-state index < -0.39 is 5.82 Å². The van der Waals surface area contributed by atoms with Gasteiger partial charge in [-0.15, -0.1) is 0 Å². The summed E-state index contributed by atoms with van der Waals surface area (Å²) in [4.78, 5) is 14.8. The van der Waals surface area contributed by atoms with Crippen molar-refractivity contribution in [3.05, 3.63) is 60.5 Å². The maximum Gasteiger partial charge on any atom is 0.227 e. The topological polar surface area (TPSA) is 93.2 Å². The van der Waals surface area contributed by atoms with E-state index in [-0.39, 0.29) is 5.75 Å². The van der Waals surface area contributed by atoms with Crippen molar-refractivity contribution in [2.24, 2.45) is 0 Å². The van der Waals surface area contributed by atoms with Gasteiger partial charge in [0.2, 0.25) is 5.95 Å². The van der Waals surface area contributed by atoms with Crippen molar-refractivity contribution in [3.8, 4) is 33.3 Å². The van der Waals surface area contributed by atoms with E-state index in [1.807, 2.05) is 37.3 Å². The number of nitrogens with zero attached hydrogens (tertiary/aromatic N) is 3. The lowest BCUT2D eigenvalue weighted by molar-refractivity contribution is 0.291. The Morgan fingerprint density at radius 3 is 2.74 bits per heavy atom. The van der Waals surface area contributed by atoms with Crippen LogP contribution in [0.3, 0.4) is 0 Å². The van der Waals surface area contributed by atoms with Crippen LogP contribution in [-0.2, 0) is 0 Å². The molecular formula is C29H33FN6O2S. The van der Waals surface area contributed by atoms with E-state index >= 15 is 0 Å². The molecule has 0 aliphatic heterocycles. The molecule has 4 aromatic rings. The average molecular weight is 549 g/mol. The number of hydrogen-bond donors (Lipinski definition) is 3. The van der Waals surface area contributed by atoms with E-state index in [0.29, 0.717) is 36.5 Å². The lowest BCUT2D eigenvalue weighted by atomic mass is 10.1. The number of methoxy groups -OCH3 is 1. The highest BCUT2D eigenvalue weighted by atomic mass is 32.1. The average Bonchev–Trinajstić information content (AvgIpc) is 3.63. The number of hydrogen-bond acceptors (Lipinski definition) is 9. The van der Waals surface area contributed by atoms with Gasteiger partial charge in [0.1, 0.15) is 12.4 Å². The molecule has 204 valence electrons. The Kier molecular flexibility index (Phi) is 8.85. The summed E-state index contributed by atoms with van der Waals surface area (Å²) in [5.41, 5.74) is 2.97. The molecule has 1 saturated carbocycles. The molecule has 2 heterocycles. The third-order valence-electron chi connectivity index (χ3n) is 6.52. The highest BCUT2D eigenvalue weighted by Crippen LogP contribution is 2.39. The first-order valence-electron chi connectivity index (χ1n) is 13.3. The molecule has 0 unspecified atom stereocenters. The molecule has 10 heteroatoms. The van der Waals surface area contributed by atoms with Gasteiger partial charge >= 0.3 is 0 Å². The Morgan fingerprint density at radius 2 is 1.95 bits per heavy atom. The monoisotopic (exact) mass is 548 g/mol. The minimum atomic E-state index is -0.435. The van der Waals surface area contributed by atoms with Gasteiger partial charge in [0, 0.05) is 42.6 Å². The van der Waals surface area contributed by atoms with Gasteiger partial charge in [-0.25, -0.2) is 19.3 Å². The fraction of sp³-hybridized carbons (Fsp3) is 0.345. The number of ether oxygens (including phenoxy) is 2. The molecule has 2 aromatic carbocycles. The summed E-state index contributed by atoms with van der Waals surface area (Å²) in [5.74, 6) is 0.902. The van der Waals surface area contributed by atoms with Crippen molar-refractivity contribution < 1.29 is 13.9 Å². The molecule has 1 aliphatic carbocycles. The van der Waals surface area contributed by atoms with Gasteiger partial charge in [-0.2, -0.15) is 0 Å². The minimum Gasteiger partial charge on any atom is -0.497 e. The second-order valence-electron chi connectivity index (χ2n) is 9.28. The van der Waals surface area contributed by atoms with Crippen LogP contribution in [0.25, 0.3) is 21.8 Å². The zero-order chi connectivity index (χ0) is 27.0. The second kappa shape index (κ2) is 12.9. The highest BCUT2D eigenvalue weighted by molar-refractivity contribution is 7.19. The van der Waals surface area contributed by atoms with Gasteiger partial charge in [0.15, 0.2) is 16.7 Å². The molecule has 0 bridgehead atoms. The van der Waals surface area contributed by atoms with Gasteiger partial charge in [-0.05, 0) is 50.1 Å². The fourth-order valence-electron chi connectivity index (χ4n) is 4.61. The van der Waals surface area contributed by atoms with E-state index in [0.717, 1.165) is 33.6 Å². The zero-order valence-corrected chi connectivity index (χ0v) is 23.0. The second-order valence-corrected chi connectivity index (χ2v) is 10.3. The molecule has 0 saturated heterocycles. The third-order valence-corrected chi connectivity index (χ3v) is 7.56. The minimum absolute atomic E-state index is 0.229. The van der Waals surface area contributed by atoms with Crippen molar-refractivity contribution >= 4 is 28.1 Å². The Morgan fingerprint density at radius 1 is 1.08 bits per heavy atom. The number of aromatic nitrogens is 3. The smallest absolute Gasteiger partial charge is 0.227 e. The maximum atomic E-state index is 14.8. The van der Waals surface area contributed by atoms with Gasteiger partial charge in [0.05, 0.1) is 23.4 Å². The highest BCUT2D eigenvalue weighted by Gasteiger charge is 2.18. The van der Waals surface area contributed by atoms with Gasteiger partial charge < -0.3 is 25.4 Å². The van der Waals surface area contributed by atoms with Crippen LogP contribution in [0.15, 0.2) is 54.7 Å². The predicted octanol–water partition coefficient (Wildman–Crippen LogP) is 6.50. The molecule has 39 heavy (non-hydrogen) atoms. The standard InChI is InChI=1S/C29H33FN6O2S/c1-3-31-29-36-26(19-7-6-10-22(17-19)37-2)27(39-29)24-13-14-33-28(35-24)34-21-11-12-25(23(30)18-21)38-16-15-32-20-8-4-5-9-20/h6-7,10-14,17-18,20,32H,3-5,8-9,15-16H2,1-2H3,(H,31,36)(H,33,34,35). The normalized spacial score (nSPS) is 13.4. The molecule has 0 spiro atoms. The molecule has 0 atom stereocenters. The lowest BCUT2D eigenvalue weighted by Gasteiger charge is -2.13. The van der Waals surface area contributed by atoms with Crippen LogP contribution >= 0.6 is 11.3 Å². The molecule has 8 nitrogen and oxygen atoms in total. The Labute approximate surface area is 232 Å². The molecular weight excluding hydrogens is 515 g/mol. The van der Waals surface area contributed by atoms with E-state index in [1.54, 1.807) is 25.4 Å². The van der Waals surface area contributed by atoms with E-state index in [9.17, 15) is 4.39 Å². The van der Waals surface area contributed by atoms with Crippen molar-refractivity contribution in [1.29, 1.82) is 0 Å². The number of rotatable bonds is 12. The van der Waals surface area contributed by atoms with E-state index in [1.165, 1.54) is 43.1 Å². The van der Waals surface area contributed by atoms with Gasteiger partial charge in [0.25, 0.3) is 0 Å². The van der Waals surface area contributed by atoms with Gasteiger partial charge in [-0.1, -0.05) is 36.3 Å². The molecule has 0 radical (unpaired) electrons. The maximum absolute atomic E-state index is 14.8. The van der Waals surface area contributed by atoms with Crippen LogP contribution in [0.1, 0.15) is 32.6 Å². The third kappa shape index (κ3) is 6.82. The van der Waals surface area contributed by atoms with Crippen LogP contribution in [0.5, 0.6) is 11.5 Å². The summed E-state index contributed by atoms with van der Waals surface area (Å²) in [6.45, 7) is 3.91. The Bertz CT molecular complexity index is 1390. The molecule has 1 fully saturated rings. The number of nitrogens with one attached hydrogen (secondary N) is 3. The Balaban J connectivity index is 1.30. The molecule has 3 N–H and O–H groups in total. The summed E-state index contributed by atoms with van der Waals surface area (Å²) in [7, 11) is 1.64. The number of halogens is 1. The van der Waals surface area contributed by atoms with Crippen LogP contribution in [0.2, 0.25) is 0 Å². The molecule has 5 rings (SSSR count). The van der Waals surface area contributed by atoms with E-state index in [2.05, 4.69) is 20.9 Å². The molecule has 1 aliphatic rings. The lowest BCUT2D eigenvalue weighted by Crippen LogP contribution is -2.30. The molecule has 0 amide bonds. The quantitative estimate of drug-likeness (QED) is 0.173. The van der Waals surface area contributed by atoms with Crippen LogP contribution < -0.4 is 25.4 Å². The largest absolute Gasteiger partial charge is 0.497 e. The summed E-state index contributed by atoms with van der Waals surface area (Å²) in [6, 6.07) is 15.0. The zero-order valence-electron chi connectivity index (χ0n) is 22.2. The van der Waals surface area contributed by atoms with Crippen LogP contribution in [0, 0.1) is 5.82 Å². The van der Waals surface area contributed by atoms with E-state index in [4.69, 9.17) is 19.4 Å². The first-order valence-corrected chi connectivity index (χ1v) is 14.1. The summed E-state index contributed by atoms with van der Waals surface area (Å²) < 4.78 is 25.8. The predicted molar refractivity (Wildman–Crippen MR) is 155 cm³/mol. The Hall–Kier alpha value is -3.76. The SMILES string of the molecule is CCNc1nc(-c2cccc(OC)c2)c(-c2ccnc(Nc3ccc(OCCNC4CCCC4)c(F)c3)n2)s1. The van der Waals surface area contributed by atoms with Crippen molar-refractivity contribution in [1.82, 2.24) is 20.3 Å². The van der Waals surface area contributed by atoms with Crippen LogP contribution in [0.4, 0.5) is 21.2 Å². The first-order chi connectivity index (χ1) is 19.1. The van der Waals surface area contributed by atoms with Crippen molar-refractivity contribution in [2.75, 3.05) is 37.4 Å². The van der Waals surface area contributed by atoms with Crippen molar-refractivity contribution in [2.45, 2.75) is 38.6 Å². The summed E-state index contributed by atoms with van der Waals surface area (Å²) in [6.07, 6.45) is 6.65. The summed E-state index contributed by atoms with van der Waals surface area (Å²) >= 11 is 1.52. The number of thiazole rings is 1.